The lowest BCUT2D eigenvalue weighted by molar-refractivity contribution is 0.520. The fraction of sp³-hybridized carbons (Fsp3) is 0.545. The highest BCUT2D eigenvalue weighted by Crippen LogP contribution is 2.18. The molecular weight excluding hydrogens is 254 g/mol. The van der Waals surface area contributed by atoms with Gasteiger partial charge in [-0.05, 0) is 53.9 Å². The first-order valence-corrected chi connectivity index (χ1v) is 5.92. The molecule has 0 spiro atoms. The third-order valence-corrected chi connectivity index (χ3v) is 3.07. The van der Waals surface area contributed by atoms with Crippen molar-refractivity contribution in [2.45, 2.75) is 26.8 Å². The van der Waals surface area contributed by atoms with E-state index in [0.29, 0.717) is 18.5 Å². The Morgan fingerprint density at radius 2 is 2.20 bits per heavy atom. The molecule has 3 N–H and O–H groups in total. The quantitative estimate of drug-likeness (QED) is 0.885. The van der Waals surface area contributed by atoms with Crippen molar-refractivity contribution in [3.63, 3.8) is 0 Å². The molecule has 0 aliphatic carbocycles. The fourth-order valence-electron chi connectivity index (χ4n) is 1.25. The third kappa shape index (κ3) is 3.47. The molecule has 3 nitrogen and oxygen atoms in total. The first kappa shape index (κ1) is 12.5. The molecule has 0 amide bonds. The highest BCUT2D eigenvalue weighted by Gasteiger charge is 2.11. The second-order valence-corrected chi connectivity index (χ2v) is 4.88. The van der Waals surface area contributed by atoms with Gasteiger partial charge < -0.3 is 11.1 Å². The average Bonchev–Trinajstić information content (AvgIpc) is 2.20. The van der Waals surface area contributed by atoms with Gasteiger partial charge in [-0.25, -0.2) is 4.98 Å². The van der Waals surface area contributed by atoms with Crippen molar-refractivity contribution < 1.29 is 0 Å². The molecule has 0 bridgehead atoms. The van der Waals surface area contributed by atoms with Gasteiger partial charge in [0.15, 0.2) is 0 Å². The van der Waals surface area contributed by atoms with Gasteiger partial charge in [0, 0.05) is 16.7 Å². The van der Waals surface area contributed by atoms with Crippen molar-refractivity contribution in [3.8, 4) is 0 Å². The van der Waals surface area contributed by atoms with Crippen molar-refractivity contribution in [2.75, 3.05) is 11.9 Å². The van der Waals surface area contributed by atoms with Gasteiger partial charge in [0.1, 0.15) is 5.82 Å². The SMILES string of the molecule is Cc1cc(Br)cnc1NC(C)C(C)CN. The van der Waals surface area contributed by atoms with Gasteiger partial charge in [0.2, 0.25) is 0 Å². The van der Waals surface area contributed by atoms with Crippen LogP contribution < -0.4 is 11.1 Å². The van der Waals surface area contributed by atoms with Crippen molar-refractivity contribution in [2.24, 2.45) is 11.7 Å². The number of nitrogens with two attached hydrogens (primary N) is 1. The molecule has 0 fully saturated rings. The third-order valence-electron chi connectivity index (χ3n) is 2.63. The summed E-state index contributed by atoms with van der Waals surface area (Å²) in [6.45, 7) is 6.98. The predicted octanol–water partition coefficient (Wildman–Crippen LogP) is 2.55. The topological polar surface area (TPSA) is 50.9 Å². The maximum atomic E-state index is 5.62. The van der Waals surface area contributed by atoms with Crippen molar-refractivity contribution >= 4 is 21.7 Å². The van der Waals surface area contributed by atoms with Crippen LogP contribution in [0.5, 0.6) is 0 Å². The van der Waals surface area contributed by atoms with Gasteiger partial charge in [-0.1, -0.05) is 6.92 Å². The lowest BCUT2D eigenvalue weighted by Gasteiger charge is -2.21. The van der Waals surface area contributed by atoms with Crippen LogP contribution in [0.15, 0.2) is 16.7 Å². The molecule has 0 saturated carbocycles. The molecule has 15 heavy (non-hydrogen) atoms. The molecule has 1 rings (SSSR count). The van der Waals surface area contributed by atoms with E-state index in [1.807, 2.05) is 6.92 Å². The van der Waals surface area contributed by atoms with Gasteiger partial charge in [0.25, 0.3) is 0 Å². The zero-order chi connectivity index (χ0) is 11.4. The number of nitrogens with zero attached hydrogens (tertiary/aromatic N) is 1. The molecule has 0 radical (unpaired) electrons. The van der Waals surface area contributed by atoms with Crippen molar-refractivity contribution in [3.05, 3.63) is 22.3 Å². The van der Waals surface area contributed by atoms with E-state index in [2.05, 4.69) is 46.1 Å². The summed E-state index contributed by atoms with van der Waals surface area (Å²) in [5.74, 6) is 1.38. The summed E-state index contributed by atoms with van der Waals surface area (Å²) in [6.07, 6.45) is 1.80. The van der Waals surface area contributed by atoms with Crippen LogP contribution >= 0.6 is 15.9 Å². The minimum atomic E-state index is 0.336. The molecular formula is C11H18BrN3. The van der Waals surface area contributed by atoms with E-state index in [9.17, 15) is 0 Å². The van der Waals surface area contributed by atoms with Crippen LogP contribution in [0.2, 0.25) is 0 Å². The average molecular weight is 272 g/mol. The van der Waals surface area contributed by atoms with Gasteiger partial charge in [0.05, 0.1) is 0 Å². The Bertz CT molecular complexity index is 328. The maximum Gasteiger partial charge on any atom is 0.129 e. The molecule has 0 aromatic carbocycles. The van der Waals surface area contributed by atoms with Crippen LogP contribution in [0, 0.1) is 12.8 Å². The van der Waals surface area contributed by atoms with E-state index in [1.54, 1.807) is 6.20 Å². The lowest BCUT2D eigenvalue weighted by atomic mass is 10.0. The van der Waals surface area contributed by atoms with E-state index >= 15 is 0 Å². The molecule has 4 heteroatoms. The molecule has 0 aliphatic rings. The van der Waals surface area contributed by atoms with Crippen LogP contribution in [0.25, 0.3) is 0 Å². The summed E-state index contributed by atoms with van der Waals surface area (Å²) in [5, 5.41) is 3.38. The number of nitrogens with one attached hydrogen (secondary N) is 1. The molecule has 2 atom stereocenters. The first-order valence-electron chi connectivity index (χ1n) is 5.13. The predicted molar refractivity (Wildman–Crippen MR) is 68.0 cm³/mol. The van der Waals surface area contributed by atoms with E-state index in [-0.39, 0.29) is 0 Å². The Morgan fingerprint density at radius 3 is 2.73 bits per heavy atom. The molecule has 0 saturated heterocycles. The summed E-state index contributed by atoms with van der Waals surface area (Å²) in [5.41, 5.74) is 6.76. The highest BCUT2D eigenvalue weighted by atomic mass is 79.9. The lowest BCUT2D eigenvalue weighted by Crippen LogP contribution is -2.30. The van der Waals surface area contributed by atoms with Gasteiger partial charge in [-0.15, -0.1) is 0 Å². The molecule has 0 aliphatic heterocycles. The summed E-state index contributed by atoms with van der Waals surface area (Å²) in [6, 6.07) is 2.39. The summed E-state index contributed by atoms with van der Waals surface area (Å²) >= 11 is 3.39. The number of pyridine rings is 1. The van der Waals surface area contributed by atoms with Crippen LogP contribution in [0.3, 0.4) is 0 Å². The molecule has 1 aromatic heterocycles. The zero-order valence-electron chi connectivity index (χ0n) is 9.42. The van der Waals surface area contributed by atoms with Gasteiger partial charge in [-0.3, -0.25) is 0 Å². The van der Waals surface area contributed by atoms with Crippen LogP contribution in [0.1, 0.15) is 19.4 Å². The van der Waals surface area contributed by atoms with E-state index < -0.39 is 0 Å². The molecule has 84 valence electrons. The molecule has 1 heterocycles. The number of halogens is 1. The Hall–Kier alpha value is -0.610. The van der Waals surface area contributed by atoms with Crippen LogP contribution in [-0.2, 0) is 0 Å². The van der Waals surface area contributed by atoms with Crippen LogP contribution in [0.4, 0.5) is 5.82 Å². The fourth-order valence-corrected chi connectivity index (χ4v) is 1.70. The number of hydrogen-bond acceptors (Lipinski definition) is 3. The smallest absolute Gasteiger partial charge is 0.129 e. The minimum Gasteiger partial charge on any atom is -0.367 e. The normalized spacial score (nSPS) is 14.7. The first-order chi connectivity index (χ1) is 7.04. The van der Waals surface area contributed by atoms with Crippen molar-refractivity contribution in [1.29, 1.82) is 0 Å². The molecule has 1 aromatic rings. The Morgan fingerprint density at radius 1 is 1.53 bits per heavy atom. The monoisotopic (exact) mass is 271 g/mol. The Labute approximate surface area is 99.6 Å². The second kappa shape index (κ2) is 5.47. The second-order valence-electron chi connectivity index (χ2n) is 3.97. The van der Waals surface area contributed by atoms with Gasteiger partial charge in [-0.2, -0.15) is 0 Å². The summed E-state index contributed by atoms with van der Waals surface area (Å²) in [4.78, 5) is 4.34. The summed E-state index contributed by atoms with van der Waals surface area (Å²) < 4.78 is 1.00. The van der Waals surface area contributed by atoms with Gasteiger partial charge >= 0.3 is 0 Å². The largest absolute Gasteiger partial charge is 0.367 e. The number of aryl methyl sites for hydroxylation is 1. The van der Waals surface area contributed by atoms with E-state index in [4.69, 9.17) is 5.73 Å². The van der Waals surface area contributed by atoms with Crippen molar-refractivity contribution in [1.82, 2.24) is 4.98 Å². The maximum absolute atomic E-state index is 5.62. The summed E-state index contributed by atoms with van der Waals surface area (Å²) in [7, 11) is 0. The molecule has 2 unspecified atom stereocenters. The zero-order valence-corrected chi connectivity index (χ0v) is 11.0. The van der Waals surface area contributed by atoms with E-state index in [1.165, 1.54) is 0 Å². The highest BCUT2D eigenvalue weighted by molar-refractivity contribution is 9.10. The Balaban J connectivity index is 2.72. The van der Waals surface area contributed by atoms with Crippen LogP contribution in [-0.4, -0.2) is 17.6 Å². The number of anilines is 1. The number of hydrogen-bond donors (Lipinski definition) is 2. The van der Waals surface area contributed by atoms with E-state index in [0.717, 1.165) is 15.9 Å². The minimum absolute atomic E-state index is 0.336. The standard InChI is InChI=1S/C11H18BrN3/c1-7-4-10(12)6-14-11(7)15-9(3)8(2)5-13/h4,6,8-9H,5,13H2,1-3H3,(H,14,15). The number of aromatic nitrogens is 1. The Kier molecular flexibility index (Phi) is 4.54. The number of rotatable bonds is 4.